The minimum Gasteiger partial charge on any atom is -0.445 e. The zero-order valence-electron chi connectivity index (χ0n) is 18.9. The predicted molar refractivity (Wildman–Crippen MR) is 120 cm³/mol. The first kappa shape index (κ1) is 23.6. The lowest BCUT2D eigenvalue weighted by molar-refractivity contribution is 0.00839. The first-order chi connectivity index (χ1) is 15.2. The molecule has 0 bridgehead atoms. The highest BCUT2D eigenvalue weighted by Gasteiger charge is 2.34. The van der Waals surface area contributed by atoms with Crippen LogP contribution in [0.25, 0.3) is 0 Å². The quantitative estimate of drug-likeness (QED) is 0.614. The summed E-state index contributed by atoms with van der Waals surface area (Å²) in [6, 6.07) is 15.8. The van der Waals surface area contributed by atoms with Gasteiger partial charge < -0.3 is 19.3 Å². The minimum atomic E-state index is -0.599. The molecule has 1 fully saturated rings. The van der Waals surface area contributed by atoms with Crippen molar-refractivity contribution in [2.75, 3.05) is 26.2 Å². The van der Waals surface area contributed by atoms with Crippen molar-refractivity contribution in [1.29, 1.82) is 0 Å². The van der Waals surface area contributed by atoms with E-state index < -0.39 is 5.60 Å². The number of halogens is 1. The third-order valence-electron chi connectivity index (χ3n) is 5.13. The third kappa shape index (κ3) is 7.25. The van der Waals surface area contributed by atoms with Crippen molar-refractivity contribution in [3.8, 4) is 0 Å². The van der Waals surface area contributed by atoms with Crippen LogP contribution in [0.15, 0.2) is 54.6 Å². The van der Waals surface area contributed by atoms with E-state index in [0.717, 1.165) is 11.1 Å². The first-order valence-corrected chi connectivity index (χ1v) is 10.9. The molecule has 3 rings (SSSR count). The summed E-state index contributed by atoms with van der Waals surface area (Å²) in [6.45, 7) is 7.73. The van der Waals surface area contributed by atoms with Crippen LogP contribution in [0.2, 0.25) is 0 Å². The van der Waals surface area contributed by atoms with Crippen molar-refractivity contribution in [1.82, 2.24) is 9.80 Å². The summed E-state index contributed by atoms with van der Waals surface area (Å²) in [5.41, 5.74) is 1.28. The van der Waals surface area contributed by atoms with Crippen molar-refractivity contribution in [3.05, 3.63) is 71.5 Å². The van der Waals surface area contributed by atoms with Crippen LogP contribution in [0.5, 0.6) is 0 Å². The van der Waals surface area contributed by atoms with Gasteiger partial charge in [-0.05, 0) is 50.5 Å². The molecule has 6 nitrogen and oxygen atoms in total. The molecular weight excluding hydrogens is 411 g/mol. The monoisotopic (exact) mass is 442 g/mol. The van der Waals surface area contributed by atoms with Gasteiger partial charge in [0.25, 0.3) is 0 Å². The van der Waals surface area contributed by atoms with Crippen molar-refractivity contribution in [2.24, 2.45) is 5.92 Å². The Morgan fingerprint density at radius 1 is 1.03 bits per heavy atom. The van der Waals surface area contributed by atoms with Crippen LogP contribution in [0, 0.1) is 11.7 Å². The molecule has 1 aliphatic heterocycles. The highest BCUT2D eigenvalue weighted by atomic mass is 19.1. The summed E-state index contributed by atoms with van der Waals surface area (Å²) in [5.74, 6) is -0.133. The van der Waals surface area contributed by atoms with Gasteiger partial charge in [-0.1, -0.05) is 42.5 Å². The number of amides is 2. The molecule has 0 saturated carbocycles. The van der Waals surface area contributed by atoms with Crippen LogP contribution in [-0.2, 0) is 22.5 Å². The lowest BCUT2D eigenvalue weighted by Gasteiger charge is -2.41. The van der Waals surface area contributed by atoms with E-state index in [2.05, 4.69) is 0 Å². The number of hydrogen-bond donors (Lipinski definition) is 0. The standard InChI is InChI=1S/C25H31FN2O4/c1-25(2,3)32-24(30)27(14-13-19-9-11-22(26)12-10-19)15-21-16-28(17-21)23(29)31-18-20-7-5-4-6-8-20/h4-12,21H,13-18H2,1-3H3. The summed E-state index contributed by atoms with van der Waals surface area (Å²) < 4.78 is 24.1. The Balaban J connectivity index is 1.50. The Labute approximate surface area is 188 Å². The smallest absolute Gasteiger partial charge is 0.410 e. The maximum Gasteiger partial charge on any atom is 0.410 e. The highest BCUT2D eigenvalue weighted by molar-refractivity contribution is 5.69. The molecular formula is C25H31FN2O4. The second-order valence-electron chi connectivity index (χ2n) is 9.11. The molecule has 7 heteroatoms. The Morgan fingerprint density at radius 3 is 2.31 bits per heavy atom. The second-order valence-corrected chi connectivity index (χ2v) is 9.11. The molecule has 1 heterocycles. The predicted octanol–water partition coefficient (Wildman–Crippen LogP) is 4.87. The first-order valence-electron chi connectivity index (χ1n) is 10.9. The van der Waals surface area contributed by atoms with Crippen molar-refractivity contribution in [2.45, 2.75) is 39.4 Å². The molecule has 2 amide bonds. The average molecular weight is 443 g/mol. The topological polar surface area (TPSA) is 59.1 Å². The lowest BCUT2D eigenvalue weighted by atomic mass is 10.00. The van der Waals surface area contributed by atoms with Crippen molar-refractivity contribution in [3.63, 3.8) is 0 Å². The normalized spacial score (nSPS) is 13.9. The fourth-order valence-electron chi connectivity index (χ4n) is 3.46. The zero-order chi connectivity index (χ0) is 23.1. The van der Waals surface area contributed by atoms with Gasteiger partial charge in [-0.2, -0.15) is 0 Å². The molecule has 0 atom stereocenters. The van der Waals surface area contributed by atoms with E-state index >= 15 is 0 Å². The van der Waals surface area contributed by atoms with E-state index in [4.69, 9.17) is 9.47 Å². The van der Waals surface area contributed by atoms with E-state index in [1.54, 1.807) is 21.9 Å². The van der Waals surface area contributed by atoms with Crippen LogP contribution in [0.3, 0.4) is 0 Å². The van der Waals surface area contributed by atoms with Crippen LogP contribution in [-0.4, -0.2) is 53.8 Å². The molecule has 32 heavy (non-hydrogen) atoms. The molecule has 0 N–H and O–H groups in total. The molecule has 0 unspecified atom stereocenters. The summed E-state index contributed by atoms with van der Waals surface area (Å²) in [7, 11) is 0. The van der Waals surface area contributed by atoms with E-state index in [0.29, 0.717) is 32.6 Å². The molecule has 0 aromatic heterocycles. The highest BCUT2D eigenvalue weighted by Crippen LogP contribution is 2.20. The Bertz CT molecular complexity index is 890. The van der Waals surface area contributed by atoms with Crippen LogP contribution in [0.4, 0.5) is 14.0 Å². The van der Waals surface area contributed by atoms with E-state index in [1.165, 1.54) is 12.1 Å². The number of benzene rings is 2. The van der Waals surface area contributed by atoms with E-state index in [-0.39, 0.29) is 30.5 Å². The fraction of sp³-hybridized carbons (Fsp3) is 0.440. The number of carbonyl (C=O) groups excluding carboxylic acids is 2. The Kier molecular flexibility index (Phi) is 7.72. The number of rotatable bonds is 7. The van der Waals surface area contributed by atoms with Gasteiger partial charge >= 0.3 is 12.2 Å². The maximum atomic E-state index is 13.2. The SMILES string of the molecule is CC(C)(C)OC(=O)N(CCc1ccc(F)cc1)CC1CN(C(=O)OCc2ccccc2)C1. The molecule has 0 radical (unpaired) electrons. The third-order valence-corrected chi connectivity index (χ3v) is 5.13. The zero-order valence-corrected chi connectivity index (χ0v) is 18.9. The summed E-state index contributed by atoms with van der Waals surface area (Å²) in [4.78, 5) is 28.3. The van der Waals surface area contributed by atoms with Gasteiger partial charge in [0.1, 0.15) is 18.0 Å². The average Bonchev–Trinajstić information content (AvgIpc) is 2.71. The summed E-state index contributed by atoms with van der Waals surface area (Å²) in [5, 5.41) is 0. The van der Waals surface area contributed by atoms with Gasteiger partial charge in [0.15, 0.2) is 0 Å². The molecule has 172 valence electrons. The van der Waals surface area contributed by atoms with Crippen LogP contribution >= 0.6 is 0 Å². The van der Waals surface area contributed by atoms with Crippen molar-refractivity contribution < 1.29 is 23.5 Å². The molecule has 1 saturated heterocycles. The molecule has 0 aliphatic carbocycles. The number of nitrogens with zero attached hydrogens (tertiary/aromatic N) is 2. The van der Waals surface area contributed by atoms with Gasteiger partial charge in [-0.3, -0.25) is 0 Å². The molecule has 2 aromatic rings. The van der Waals surface area contributed by atoms with Gasteiger partial charge in [0.05, 0.1) is 0 Å². The molecule has 2 aromatic carbocycles. The molecule has 1 aliphatic rings. The largest absolute Gasteiger partial charge is 0.445 e. The van der Waals surface area contributed by atoms with Crippen molar-refractivity contribution >= 4 is 12.2 Å². The maximum absolute atomic E-state index is 13.2. The van der Waals surface area contributed by atoms with Gasteiger partial charge in [0, 0.05) is 32.1 Å². The Morgan fingerprint density at radius 2 is 1.69 bits per heavy atom. The fourth-order valence-corrected chi connectivity index (χ4v) is 3.46. The van der Waals surface area contributed by atoms with E-state index in [1.807, 2.05) is 51.1 Å². The summed E-state index contributed by atoms with van der Waals surface area (Å²) >= 11 is 0. The lowest BCUT2D eigenvalue weighted by Crippen LogP contribution is -2.55. The number of likely N-dealkylation sites (tertiary alicyclic amines) is 1. The minimum absolute atomic E-state index is 0.153. The van der Waals surface area contributed by atoms with E-state index in [9.17, 15) is 14.0 Å². The Hall–Kier alpha value is -3.09. The van der Waals surface area contributed by atoms with Gasteiger partial charge in [-0.25, -0.2) is 14.0 Å². The molecule has 0 spiro atoms. The number of carbonyl (C=O) groups is 2. The number of hydrogen-bond acceptors (Lipinski definition) is 4. The van der Waals surface area contributed by atoms with Gasteiger partial charge in [0.2, 0.25) is 0 Å². The number of ether oxygens (including phenoxy) is 2. The van der Waals surface area contributed by atoms with Crippen LogP contribution in [0.1, 0.15) is 31.9 Å². The van der Waals surface area contributed by atoms with Crippen LogP contribution < -0.4 is 0 Å². The second kappa shape index (κ2) is 10.5. The summed E-state index contributed by atoms with van der Waals surface area (Å²) in [6.07, 6.45) is -0.139. The van der Waals surface area contributed by atoms with Gasteiger partial charge in [-0.15, -0.1) is 0 Å².